The molecule has 1 atom stereocenters. The minimum absolute atomic E-state index is 0.0953. The van der Waals surface area contributed by atoms with Crippen LogP contribution in [-0.2, 0) is 0 Å². The van der Waals surface area contributed by atoms with Crippen LogP contribution in [-0.4, -0.2) is 30.4 Å². The maximum absolute atomic E-state index is 12.5. The molecule has 3 nitrogen and oxygen atoms in total. The molecule has 19 heavy (non-hydrogen) atoms. The molecule has 3 heteroatoms. The van der Waals surface area contributed by atoms with Crippen LogP contribution >= 0.6 is 0 Å². The normalized spacial score (nSPS) is 18.0. The second kappa shape index (κ2) is 6.40. The summed E-state index contributed by atoms with van der Waals surface area (Å²) in [6, 6.07) is 7.51. The van der Waals surface area contributed by atoms with Gasteiger partial charge in [-0.2, -0.15) is 0 Å². The van der Waals surface area contributed by atoms with Crippen molar-refractivity contribution in [2.75, 3.05) is 19.6 Å². The standard InChI is InChI=1S/C16H20N2O/c1-2-13-9-11-18(12-13)16(19)15-8-4-3-6-14(15)7-5-10-17/h3-4,6,8,13H,2,9-12,17H2,1H3. The Hall–Kier alpha value is -1.79. The molecule has 2 rings (SSSR count). The quantitative estimate of drug-likeness (QED) is 0.821. The van der Waals surface area contributed by atoms with E-state index in [1.165, 1.54) is 0 Å². The van der Waals surface area contributed by atoms with Crippen LogP contribution in [0.3, 0.4) is 0 Å². The van der Waals surface area contributed by atoms with Crippen molar-refractivity contribution in [3.63, 3.8) is 0 Å². The van der Waals surface area contributed by atoms with E-state index >= 15 is 0 Å². The van der Waals surface area contributed by atoms with Crippen molar-refractivity contribution < 1.29 is 4.79 Å². The van der Waals surface area contributed by atoms with Crippen LogP contribution in [0.25, 0.3) is 0 Å². The highest BCUT2D eigenvalue weighted by molar-refractivity contribution is 5.96. The van der Waals surface area contributed by atoms with Crippen molar-refractivity contribution in [1.82, 2.24) is 4.90 Å². The Kier molecular flexibility index (Phi) is 4.59. The average Bonchev–Trinajstić information content (AvgIpc) is 2.93. The zero-order chi connectivity index (χ0) is 13.7. The third-order valence-electron chi connectivity index (χ3n) is 3.63. The predicted molar refractivity (Wildman–Crippen MR) is 76.7 cm³/mol. The van der Waals surface area contributed by atoms with Crippen molar-refractivity contribution in [3.8, 4) is 11.8 Å². The third kappa shape index (κ3) is 3.15. The zero-order valence-corrected chi connectivity index (χ0v) is 11.4. The number of benzene rings is 1. The summed E-state index contributed by atoms with van der Waals surface area (Å²) in [6.07, 6.45) is 2.25. The van der Waals surface area contributed by atoms with Crippen molar-refractivity contribution in [1.29, 1.82) is 0 Å². The minimum atomic E-state index is 0.0953. The number of carbonyl (C=O) groups excluding carboxylic acids is 1. The van der Waals surface area contributed by atoms with E-state index in [1.54, 1.807) is 0 Å². The highest BCUT2D eigenvalue weighted by Crippen LogP contribution is 2.22. The lowest BCUT2D eigenvalue weighted by molar-refractivity contribution is 0.0786. The Labute approximate surface area is 114 Å². The van der Waals surface area contributed by atoms with E-state index in [1.807, 2.05) is 29.2 Å². The number of carbonyl (C=O) groups is 1. The number of rotatable bonds is 2. The van der Waals surface area contributed by atoms with E-state index in [9.17, 15) is 4.79 Å². The number of nitrogens with two attached hydrogens (primary N) is 1. The van der Waals surface area contributed by atoms with Crippen molar-refractivity contribution in [3.05, 3.63) is 35.4 Å². The Balaban J connectivity index is 2.20. The van der Waals surface area contributed by atoms with E-state index in [-0.39, 0.29) is 5.91 Å². The van der Waals surface area contributed by atoms with E-state index in [2.05, 4.69) is 18.8 Å². The average molecular weight is 256 g/mol. The number of amides is 1. The highest BCUT2D eigenvalue weighted by Gasteiger charge is 2.26. The van der Waals surface area contributed by atoms with Crippen LogP contribution < -0.4 is 5.73 Å². The topological polar surface area (TPSA) is 46.3 Å². The molecule has 0 saturated carbocycles. The molecular weight excluding hydrogens is 236 g/mol. The first-order valence-corrected chi connectivity index (χ1v) is 6.83. The van der Waals surface area contributed by atoms with Gasteiger partial charge in [0.25, 0.3) is 5.91 Å². The van der Waals surface area contributed by atoms with Gasteiger partial charge in [-0.25, -0.2) is 0 Å². The van der Waals surface area contributed by atoms with Gasteiger partial charge in [0, 0.05) is 18.7 Å². The van der Waals surface area contributed by atoms with E-state index < -0.39 is 0 Å². The summed E-state index contributed by atoms with van der Waals surface area (Å²) in [5.74, 6) is 6.54. The molecule has 1 aliphatic rings. The molecule has 1 fully saturated rings. The Morgan fingerprint density at radius 2 is 2.26 bits per heavy atom. The van der Waals surface area contributed by atoms with Gasteiger partial charge in [0.2, 0.25) is 0 Å². The summed E-state index contributed by atoms with van der Waals surface area (Å²) in [5, 5.41) is 0. The first-order chi connectivity index (χ1) is 9.26. The van der Waals surface area contributed by atoms with E-state index in [4.69, 9.17) is 5.73 Å². The maximum atomic E-state index is 12.5. The molecule has 0 bridgehead atoms. The monoisotopic (exact) mass is 256 g/mol. The Morgan fingerprint density at radius 3 is 2.95 bits per heavy atom. The van der Waals surface area contributed by atoms with Crippen molar-refractivity contribution >= 4 is 5.91 Å². The summed E-state index contributed by atoms with van der Waals surface area (Å²) in [4.78, 5) is 14.5. The van der Waals surface area contributed by atoms with E-state index in [0.29, 0.717) is 18.0 Å². The second-order valence-electron chi connectivity index (χ2n) is 4.87. The molecule has 0 spiro atoms. The second-order valence-corrected chi connectivity index (χ2v) is 4.87. The molecule has 1 heterocycles. The molecule has 1 aromatic rings. The maximum Gasteiger partial charge on any atom is 0.255 e. The first-order valence-electron chi connectivity index (χ1n) is 6.83. The molecular formula is C16H20N2O. The Morgan fingerprint density at radius 1 is 1.47 bits per heavy atom. The first kappa shape index (κ1) is 13.6. The van der Waals surface area contributed by atoms with Gasteiger partial charge >= 0.3 is 0 Å². The molecule has 1 saturated heterocycles. The molecule has 1 amide bonds. The van der Waals surface area contributed by atoms with Gasteiger partial charge < -0.3 is 10.6 Å². The largest absolute Gasteiger partial charge is 0.338 e. The lowest BCUT2D eigenvalue weighted by Gasteiger charge is -2.17. The lowest BCUT2D eigenvalue weighted by atomic mass is 10.1. The highest BCUT2D eigenvalue weighted by atomic mass is 16.2. The molecule has 100 valence electrons. The van der Waals surface area contributed by atoms with Gasteiger partial charge in [-0.15, -0.1) is 0 Å². The van der Waals surface area contributed by atoms with Crippen LogP contribution in [0.4, 0.5) is 0 Å². The van der Waals surface area contributed by atoms with Crippen LogP contribution in [0.5, 0.6) is 0 Å². The van der Waals surface area contributed by atoms with Crippen LogP contribution in [0, 0.1) is 17.8 Å². The van der Waals surface area contributed by atoms with Crippen LogP contribution in [0.15, 0.2) is 24.3 Å². The summed E-state index contributed by atoms with van der Waals surface area (Å²) in [6.45, 7) is 4.22. The predicted octanol–water partition coefficient (Wildman–Crippen LogP) is 1.87. The lowest BCUT2D eigenvalue weighted by Crippen LogP contribution is -2.29. The van der Waals surface area contributed by atoms with Crippen molar-refractivity contribution in [2.45, 2.75) is 19.8 Å². The van der Waals surface area contributed by atoms with Crippen LogP contribution in [0.2, 0.25) is 0 Å². The summed E-state index contributed by atoms with van der Waals surface area (Å²) >= 11 is 0. The molecule has 1 unspecified atom stereocenters. The summed E-state index contributed by atoms with van der Waals surface area (Å²) in [7, 11) is 0. The molecule has 1 aliphatic heterocycles. The van der Waals surface area contributed by atoms with Gasteiger partial charge in [-0.05, 0) is 24.5 Å². The SMILES string of the molecule is CCC1CCN(C(=O)c2ccccc2C#CCN)C1. The summed E-state index contributed by atoms with van der Waals surface area (Å²) < 4.78 is 0. The fourth-order valence-corrected chi connectivity index (χ4v) is 2.45. The van der Waals surface area contributed by atoms with E-state index in [0.717, 1.165) is 31.5 Å². The minimum Gasteiger partial charge on any atom is -0.338 e. The van der Waals surface area contributed by atoms with Gasteiger partial charge in [0.15, 0.2) is 0 Å². The molecule has 1 aromatic carbocycles. The molecule has 0 aromatic heterocycles. The van der Waals surface area contributed by atoms with Gasteiger partial charge in [-0.1, -0.05) is 37.3 Å². The van der Waals surface area contributed by atoms with Gasteiger partial charge in [0.05, 0.1) is 12.1 Å². The number of likely N-dealkylation sites (tertiary alicyclic amines) is 1. The van der Waals surface area contributed by atoms with Gasteiger partial charge in [0.1, 0.15) is 0 Å². The number of hydrogen-bond donors (Lipinski definition) is 1. The smallest absolute Gasteiger partial charge is 0.255 e. The third-order valence-corrected chi connectivity index (χ3v) is 3.63. The zero-order valence-electron chi connectivity index (χ0n) is 11.4. The number of nitrogens with zero attached hydrogens (tertiary/aromatic N) is 1. The molecule has 0 radical (unpaired) electrons. The fourth-order valence-electron chi connectivity index (χ4n) is 2.45. The summed E-state index contributed by atoms with van der Waals surface area (Å²) in [5.41, 5.74) is 6.86. The van der Waals surface area contributed by atoms with Crippen LogP contribution in [0.1, 0.15) is 35.7 Å². The number of hydrogen-bond acceptors (Lipinski definition) is 2. The molecule has 2 N–H and O–H groups in total. The van der Waals surface area contributed by atoms with Crippen molar-refractivity contribution in [2.24, 2.45) is 11.7 Å². The van der Waals surface area contributed by atoms with Gasteiger partial charge in [-0.3, -0.25) is 4.79 Å². The Bertz CT molecular complexity index is 513. The fraction of sp³-hybridized carbons (Fsp3) is 0.438. The molecule has 0 aliphatic carbocycles.